The molecule has 5 rings (SSSR count). The molecule has 27 heavy (non-hydrogen) atoms. The molecule has 2 aromatic rings. The average Bonchev–Trinajstić information content (AvgIpc) is 3.39. The third kappa shape index (κ3) is 2.70. The topological polar surface area (TPSA) is 87.5 Å². The van der Waals surface area contributed by atoms with Gasteiger partial charge in [-0.05, 0) is 44.2 Å². The van der Waals surface area contributed by atoms with Crippen LogP contribution >= 0.6 is 0 Å². The summed E-state index contributed by atoms with van der Waals surface area (Å²) in [6, 6.07) is 1.64. The fourth-order valence-electron chi connectivity index (χ4n) is 4.46. The molecule has 2 aromatic heterocycles. The minimum Gasteiger partial charge on any atom is -0.477 e. The van der Waals surface area contributed by atoms with Gasteiger partial charge in [0, 0.05) is 31.4 Å². The molecule has 142 valence electrons. The van der Waals surface area contributed by atoms with Crippen molar-refractivity contribution in [1.29, 1.82) is 0 Å². The SMILES string of the molecule is O=C(O)c1cn(C2CC2)c2nc(N3C[C@@H]4CCCN[C@@H]4C3)c(F)cc2c1=O. The molecule has 0 bridgehead atoms. The van der Waals surface area contributed by atoms with Crippen molar-refractivity contribution in [3.8, 4) is 0 Å². The number of anilines is 1. The highest BCUT2D eigenvalue weighted by atomic mass is 19.1. The molecule has 8 heteroatoms. The smallest absolute Gasteiger partial charge is 0.341 e. The zero-order valence-corrected chi connectivity index (χ0v) is 14.8. The van der Waals surface area contributed by atoms with Crippen LogP contribution in [0.2, 0.25) is 0 Å². The fourth-order valence-corrected chi connectivity index (χ4v) is 4.46. The number of hydrogen-bond acceptors (Lipinski definition) is 5. The molecule has 2 atom stereocenters. The summed E-state index contributed by atoms with van der Waals surface area (Å²) in [5.41, 5.74) is -0.629. The number of halogens is 1. The Hall–Kier alpha value is -2.48. The molecule has 0 radical (unpaired) electrons. The van der Waals surface area contributed by atoms with Crippen LogP contribution in [0.15, 0.2) is 17.1 Å². The van der Waals surface area contributed by atoms with Gasteiger partial charge < -0.3 is 19.9 Å². The summed E-state index contributed by atoms with van der Waals surface area (Å²) in [5, 5.41) is 12.9. The zero-order valence-electron chi connectivity index (χ0n) is 14.8. The Kier molecular flexibility index (Phi) is 3.72. The second-order valence-electron chi connectivity index (χ2n) is 7.85. The van der Waals surface area contributed by atoms with Crippen LogP contribution in [0.3, 0.4) is 0 Å². The quantitative estimate of drug-likeness (QED) is 0.854. The molecule has 0 aromatic carbocycles. The van der Waals surface area contributed by atoms with E-state index >= 15 is 0 Å². The number of carbonyl (C=O) groups is 1. The molecule has 7 nitrogen and oxygen atoms in total. The summed E-state index contributed by atoms with van der Waals surface area (Å²) >= 11 is 0. The number of carboxylic acid groups (broad SMARTS) is 1. The van der Waals surface area contributed by atoms with Crippen LogP contribution in [0.25, 0.3) is 11.0 Å². The summed E-state index contributed by atoms with van der Waals surface area (Å²) in [7, 11) is 0. The van der Waals surface area contributed by atoms with Crippen molar-refractivity contribution >= 4 is 22.8 Å². The Morgan fingerprint density at radius 3 is 2.81 bits per heavy atom. The maximum atomic E-state index is 14.9. The Morgan fingerprint density at radius 1 is 1.30 bits per heavy atom. The van der Waals surface area contributed by atoms with E-state index in [0.717, 1.165) is 38.8 Å². The largest absolute Gasteiger partial charge is 0.477 e. The number of pyridine rings is 2. The fraction of sp³-hybridized carbons (Fsp3) is 0.526. The number of aromatic carboxylic acids is 1. The van der Waals surface area contributed by atoms with Crippen molar-refractivity contribution in [3.05, 3.63) is 33.9 Å². The molecular weight excluding hydrogens is 351 g/mol. The van der Waals surface area contributed by atoms with Gasteiger partial charge in [0.1, 0.15) is 11.2 Å². The standard InChI is InChI=1S/C19H21FN4O3/c20-14-6-12-16(25)13(19(26)27)8-24(11-3-4-11)17(12)22-18(14)23-7-10-2-1-5-21-15(10)9-23/h6,8,10-11,15,21H,1-5,7,9H2,(H,26,27)/t10-,15+/m0/s1. The van der Waals surface area contributed by atoms with Crippen LogP contribution in [-0.2, 0) is 0 Å². The first kappa shape index (κ1) is 16.7. The molecule has 0 unspecified atom stereocenters. The van der Waals surface area contributed by atoms with Crippen molar-refractivity contribution in [2.24, 2.45) is 5.92 Å². The van der Waals surface area contributed by atoms with Gasteiger partial charge in [-0.1, -0.05) is 0 Å². The Balaban J connectivity index is 1.64. The van der Waals surface area contributed by atoms with E-state index in [1.807, 2.05) is 4.90 Å². The minimum atomic E-state index is -1.30. The lowest BCUT2D eigenvalue weighted by atomic mass is 9.94. The lowest BCUT2D eigenvalue weighted by Gasteiger charge is -2.24. The molecule has 3 aliphatic rings. The molecule has 1 aliphatic carbocycles. The molecule has 0 spiro atoms. The lowest BCUT2D eigenvalue weighted by Crippen LogP contribution is -2.40. The maximum Gasteiger partial charge on any atom is 0.341 e. The van der Waals surface area contributed by atoms with Crippen LogP contribution in [0.5, 0.6) is 0 Å². The highest BCUT2D eigenvalue weighted by Gasteiger charge is 2.36. The summed E-state index contributed by atoms with van der Waals surface area (Å²) in [4.78, 5) is 30.4. The van der Waals surface area contributed by atoms with Gasteiger partial charge in [-0.25, -0.2) is 14.2 Å². The van der Waals surface area contributed by atoms with Crippen LogP contribution in [0.1, 0.15) is 42.1 Å². The average molecular weight is 372 g/mol. The van der Waals surface area contributed by atoms with Gasteiger partial charge in [0.15, 0.2) is 11.6 Å². The van der Waals surface area contributed by atoms with Gasteiger partial charge >= 0.3 is 5.97 Å². The van der Waals surface area contributed by atoms with E-state index in [-0.39, 0.29) is 22.8 Å². The highest BCUT2D eigenvalue weighted by molar-refractivity contribution is 5.92. The van der Waals surface area contributed by atoms with E-state index < -0.39 is 17.2 Å². The second-order valence-corrected chi connectivity index (χ2v) is 7.85. The van der Waals surface area contributed by atoms with Gasteiger partial charge in [0.05, 0.1) is 5.39 Å². The molecule has 3 fully saturated rings. The first-order chi connectivity index (χ1) is 13.0. The van der Waals surface area contributed by atoms with Crippen LogP contribution in [-0.4, -0.2) is 46.3 Å². The van der Waals surface area contributed by atoms with Crippen LogP contribution in [0, 0.1) is 11.7 Å². The number of aromatic nitrogens is 2. The molecule has 2 N–H and O–H groups in total. The summed E-state index contributed by atoms with van der Waals surface area (Å²) < 4.78 is 16.6. The Bertz CT molecular complexity index is 987. The number of piperidine rings is 1. The van der Waals surface area contributed by atoms with Gasteiger partial charge in [-0.15, -0.1) is 0 Å². The van der Waals surface area contributed by atoms with E-state index in [2.05, 4.69) is 10.3 Å². The predicted molar refractivity (Wildman–Crippen MR) is 97.9 cm³/mol. The number of carboxylic acids is 1. The van der Waals surface area contributed by atoms with E-state index in [4.69, 9.17) is 0 Å². The van der Waals surface area contributed by atoms with Gasteiger partial charge in [-0.2, -0.15) is 0 Å². The molecular formula is C19H21FN4O3. The molecule has 2 saturated heterocycles. The van der Waals surface area contributed by atoms with E-state index in [1.54, 1.807) is 4.57 Å². The van der Waals surface area contributed by atoms with Crippen molar-refractivity contribution in [2.75, 3.05) is 24.5 Å². The summed E-state index contributed by atoms with van der Waals surface area (Å²) in [6.07, 6.45) is 5.43. The predicted octanol–water partition coefficient (Wildman–Crippen LogP) is 1.76. The first-order valence-electron chi connectivity index (χ1n) is 9.50. The number of fused-ring (bicyclic) bond motifs is 2. The molecule has 4 heterocycles. The van der Waals surface area contributed by atoms with Gasteiger partial charge in [-0.3, -0.25) is 4.79 Å². The molecule has 0 amide bonds. The normalized spacial score (nSPS) is 25.0. The number of nitrogens with zero attached hydrogens (tertiary/aromatic N) is 3. The summed E-state index contributed by atoms with van der Waals surface area (Å²) in [5.74, 6) is -1.12. The number of nitrogens with one attached hydrogen (secondary N) is 1. The second kappa shape index (κ2) is 6.02. The highest BCUT2D eigenvalue weighted by Crippen LogP contribution is 2.37. The maximum absolute atomic E-state index is 14.9. The van der Waals surface area contributed by atoms with E-state index in [0.29, 0.717) is 24.2 Å². The van der Waals surface area contributed by atoms with Crippen LogP contribution < -0.4 is 15.6 Å². The third-order valence-electron chi connectivity index (χ3n) is 6.01. The van der Waals surface area contributed by atoms with Crippen LogP contribution in [0.4, 0.5) is 10.2 Å². The van der Waals surface area contributed by atoms with Gasteiger partial charge in [0.2, 0.25) is 5.43 Å². The van der Waals surface area contributed by atoms with Gasteiger partial charge in [0.25, 0.3) is 0 Å². The zero-order chi connectivity index (χ0) is 18.7. The molecule has 2 aliphatic heterocycles. The number of rotatable bonds is 3. The van der Waals surface area contributed by atoms with Crippen molar-refractivity contribution in [3.63, 3.8) is 0 Å². The molecule has 1 saturated carbocycles. The first-order valence-corrected chi connectivity index (χ1v) is 9.50. The Morgan fingerprint density at radius 2 is 2.11 bits per heavy atom. The lowest BCUT2D eigenvalue weighted by molar-refractivity contribution is 0.0695. The monoisotopic (exact) mass is 372 g/mol. The summed E-state index contributed by atoms with van der Waals surface area (Å²) in [6.45, 7) is 2.43. The third-order valence-corrected chi connectivity index (χ3v) is 6.01. The van der Waals surface area contributed by atoms with Crippen molar-refractivity contribution < 1.29 is 14.3 Å². The minimum absolute atomic E-state index is 0.0396. The Labute approximate surface area is 154 Å². The van der Waals surface area contributed by atoms with E-state index in [1.165, 1.54) is 12.3 Å². The van der Waals surface area contributed by atoms with Crippen molar-refractivity contribution in [1.82, 2.24) is 14.9 Å². The van der Waals surface area contributed by atoms with Crippen molar-refractivity contribution in [2.45, 2.75) is 37.8 Å². The number of hydrogen-bond donors (Lipinski definition) is 2. The van der Waals surface area contributed by atoms with E-state index in [9.17, 15) is 19.1 Å².